The first-order valence-electron chi connectivity index (χ1n) is 12.0. The molecule has 0 bridgehead atoms. The molecule has 1 aliphatic carbocycles. The van der Waals surface area contributed by atoms with E-state index < -0.39 is 0 Å². The van der Waals surface area contributed by atoms with Crippen LogP contribution in [0.25, 0.3) is 0 Å². The van der Waals surface area contributed by atoms with E-state index in [1.54, 1.807) is 11.1 Å². The summed E-state index contributed by atoms with van der Waals surface area (Å²) < 4.78 is 0. The van der Waals surface area contributed by atoms with Crippen LogP contribution in [0.5, 0.6) is 0 Å². The fourth-order valence-electron chi connectivity index (χ4n) is 6.29. The van der Waals surface area contributed by atoms with Crippen molar-refractivity contribution in [3.8, 4) is 0 Å². The summed E-state index contributed by atoms with van der Waals surface area (Å²) in [6.45, 7) is 12.0. The fourth-order valence-corrected chi connectivity index (χ4v) is 6.29. The van der Waals surface area contributed by atoms with Crippen molar-refractivity contribution in [3.05, 3.63) is 35.4 Å². The molecule has 1 aromatic rings. The smallest absolute Gasteiger partial charge is 0.0239 e. The van der Waals surface area contributed by atoms with Crippen molar-refractivity contribution in [1.82, 2.24) is 4.90 Å². The van der Waals surface area contributed by atoms with Crippen LogP contribution in [0.4, 0.5) is 0 Å². The molecule has 1 nitrogen and oxygen atoms in total. The predicted octanol–water partition coefficient (Wildman–Crippen LogP) is 7.34. The first kappa shape index (κ1) is 20.9. The van der Waals surface area contributed by atoms with Crippen molar-refractivity contribution in [2.45, 2.75) is 110 Å². The maximum atomic E-state index is 2.79. The number of hydrogen-bond donors (Lipinski definition) is 0. The Morgan fingerprint density at radius 1 is 1.00 bits per heavy atom. The van der Waals surface area contributed by atoms with Gasteiger partial charge in [-0.05, 0) is 62.5 Å². The molecule has 0 radical (unpaired) electrons. The second-order valence-corrected chi connectivity index (χ2v) is 9.66. The van der Waals surface area contributed by atoms with Gasteiger partial charge in [0.05, 0.1) is 0 Å². The molecule has 1 heteroatoms. The van der Waals surface area contributed by atoms with Crippen molar-refractivity contribution < 1.29 is 0 Å². The second-order valence-electron chi connectivity index (χ2n) is 9.66. The van der Waals surface area contributed by atoms with Gasteiger partial charge in [0.25, 0.3) is 0 Å². The fraction of sp³-hybridized carbons (Fsp3) is 0.769. The third kappa shape index (κ3) is 4.29. The van der Waals surface area contributed by atoms with Gasteiger partial charge in [-0.3, -0.25) is 4.90 Å². The number of rotatable bonds is 9. The van der Waals surface area contributed by atoms with E-state index in [0.717, 1.165) is 18.4 Å². The minimum atomic E-state index is 0.388. The van der Waals surface area contributed by atoms with Crippen LogP contribution >= 0.6 is 0 Å². The highest BCUT2D eigenvalue weighted by Gasteiger charge is 2.50. The number of nitrogens with zero attached hydrogens (tertiary/aromatic N) is 1. The van der Waals surface area contributed by atoms with E-state index in [2.05, 4.69) is 56.9 Å². The SMILES string of the molecule is CCCCCC(CCC)C1(C2CCCC2)CN(C(C)C)Cc2ccccc21. The Morgan fingerprint density at radius 3 is 2.41 bits per heavy atom. The van der Waals surface area contributed by atoms with Gasteiger partial charge in [0.2, 0.25) is 0 Å². The molecule has 152 valence electrons. The molecule has 1 saturated carbocycles. The normalized spacial score (nSPS) is 25.1. The van der Waals surface area contributed by atoms with Gasteiger partial charge in [0.15, 0.2) is 0 Å². The summed E-state index contributed by atoms with van der Waals surface area (Å²) in [7, 11) is 0. The van der Waals surface area contributed by atoms with Crippen LogP contribution in [0.3, 0.4) is 0 Å². The Bertz CT molecular complexity index is 571. The Balaban J connectivity index is 2.07. The maximum absolute atomic E-state index is 2.79. The highest BCUT2D eigenvalue weighted by Crippen LogP contribution is 2.53. The highest BCUT2D eigenvalue weighted by atomic mass is 15.2. The third-order valence-electron chi connectivity index (χ3n) is 7.69. The van der Waals surface area contributed by atoms with Crippen LogP contribution in [0.1, 0.15) is 103 Å². The van der Waals surface area contributed by atoms with Gasteiger partial charge in [-0.1, -0.05) is 76.6 Å². The molecule has 0 aromatic heterocycles. The van der Waals surface area contributed by atoms with Crippen molar-refractivity contribution in [3.63, 3.8) is 0 Å². The monoisotopic (exact) mass is 369 g/mol. The van der Waals surface area contributed by atoms with Gasteiger partial charge in [0.1, 0.15) is 0 Å². The number of fused-ring (bicyclic) bond motifs is 1. The molecule has 1 aromatic carbocycles. The molecule has 3 rings (SSSR count). The summed E-state index contributed by atoms with van der Waals surface area (Å²) in [6.07, 6.45) is 14.1. The minimum Gasteiger partial charge on any atom is -0.296 e. The molecule has 2 aliphatic rings. The Labute approximate surface area is 168 Å². The molecule has 0 N–H and O–H groups in total. The number of unbranched alkanes of at least 4 members (excludes halogenated alkanes) is 2. The van der Waals surface area contributed by atoms with E-state index in [4.69, 9.17) is 0 Å². The Kier molecular flexibility index (Phi) is 7.42. The van der Waals surface area contributed by atoms with Gasteiger partial charge in [0, 0.05) is 24.5 Å². The van der Waals surface area contributed by atoms with E-state index in [1.165, 1.54) is 70.8 Å². The van der Waals surface area contributed by atoms with Gasteiger partial charge in [-0.25, -0.2) is 0 Å². The van der Waals surface area contributed by atoms with Crippen LogP contribution in [-0.2, 0) is 12.0 Å². The summed E-state index contributed by atoms with van der Waals surface area (Å²) in [6, 6.07) is 10.2. The molecule has 0 amide bonds. The third-order valence-corrected chi connectivity index (χ3v) is 7.69. The molecule has 1 fully saturated rings. The summed E-state index contributed by atoms with van der Waals surface area (Å²) in [5, 5.41) is 0. The van der Waals surface area contributed by atoms with E-state index >= 15 is 0 Å². The number of hydrogen-bond acceptors (Lipinski definition) is 1. The Hall–Kier alpha value is -0.820. The molecule has 1 aliphatic heterocycles. The lowest BCUT2D eigenvalue weighted by Gasteiger charge is -2.53. The van der Waals surface area contributed by atoms with Crippen molar-refractivity contribution in [1.29, 1.82) is 0 Å². The van der Waals surface area contributed by atoms with Crippen LogP contribution in [0.15, 0.2) is 24.3 Å². The lowest BCUT2D eigenvalue weighted by molar-refractivity contribution is 0.0496. The van der Waals surface area contributed by atoms with Gasteiger partial charge in [-0.2, -0.15) is 0 Å². The molecule has 0 spiro atoms. The average molecular weight is 370 g/mol. The van der Waals surface area contributed by atoms with Crippen molar-refractivity contribution in [2.75, 3.05) is 6.54 Å². The minimum absolute atomic E-state index is 0.388. The topological polar surface area (TPSA) is 3.24 Å². The lowest BCUT2D eigenvalue weighted by atomic mass is 9.57. The summed E-state index contributed by atoms with van der Waals surface area (Å²) in [5.41, 5.74) is 3.75. The molecular weight excluding hydrogens is 326 g/mol. The van der Waals surface area contributed by atoms with Gasteiger partial charge < -0.3 is 0 Å². The van der Waals surface area contributed by atoms with Gasteiger partial charge >= 0.3 is 0 Å². The van der Waals surface area contributed by atoms with Crippen molar-refractivity contribution in [2.24, 2.45) is 11.8 Å². The quantitative estimate of drug-likeness (QED) is 0.412. The molecule has 2 atom stereocenters. The zero-order valence-corrected chi connectivity index (χ0v) is 18.5. The average Bonchev–Trinajstić information content (AvgIpc) is 3.21. The maximum Gasteiger partial charge on any atom is 0.0239 e. The molecule has 27 heavy (non-hydrogen) atoms. The standard InChI is InChI=1S/C26H43N/c1-5-7-8-15-23(13-6-2)26(24-16-10-11-17-24)20-27(21(3)4)19-22-14-9-12-18-25(22)26/h9,12,14,18,21,23-24H,5-8,10-11,13,15-17,19-20H2,1-4H3. The molecule has 2 unspecified atom stereocenters. The lowest BCUT2D eigenvalue weighted by Crippen LogP contribution is -2.55. The zero-order chi connectivity index (χ0) is 19.3. The first-order chi connectivity index (χ1) is 13.1. The van der Waals surface area contributed by atoms with E-state index in [9.17, 15) is 0 Å². The van der Waals surface area contributed by atoms with E-state index in [1.807, 2.05) is 0 Å². The van der Waals surface area contributed by atoms with Crippen LogP contribution in [-0.4, -0.2) is 17.5 Å². The molecular formula is C26H43N. The van der Waals surface area contributed by atoms with Crippen molar-refractivity contribution >= 4 is 0 Å². The molecule has 1 heterocycles. The molecule has 0 saturated heterocycles. The van der Waals surface area contributed by atoms with Gasteiger partial charge in [-0.15, -0.1) is 0 Å². The highest BCUT2D eigenvalue weighted by molar-refractivity contribution is 5.39. The predicted molar refractivity (Wildman–Crippen MR) is 118 cm³/mol. The van der Waals surface area contributed by atoms with E-state index in [-0.39, 0.29) is 0 Å². The summed E-state index contributed by atoms with van der Waals surface area (Å²) >= 11 is 0. The largest absolute Gasteiger partial charge is 0.296 e. The zero-order valence-electron chi connectivity index (χ0n) is 18.5. The van der Waals surface area contributed by atoms with Crippen LogP contribution in [0.2, 0.25) is 0 Å². The van der Waals surface area contributed by atoms with Crippen LogP contribution in [0, 0.1) is 11.8 Å². The summed E-state index contributed by atoms with van der Waals surface area (Å²) in [4.78, 5) is 2.79. The summed E-state index contributed by atoms with van der Waals surface area (Å²) in [5.74, 6) is 1.73. The Morgan fingerprint density at radius 2 is 1.74 bits per heavy atom. The van der Waals surface area contributed by atoms with Crippen LogP contribution < -0.4 is 0 Å². The second kappa shape index (κ2) is 9.59. The first-order valence-corrected chi connectivity index (χ1v) is 12.0. The number of benzene rings is 1. The van der Waals surface area contributed by atoms with E-state index in [0.29, 0.717) is 11.5 Å².